The van der Waals surface area contributed by atoms with E-state index in [0.717, 1.165) is 44.1 Å². The second-order valence-electron chi connectivity index (χ2n) is 8.18. The van der Waals surface area contributed by atoms with Crippen molar-refractivity contribution in [3.63, 3.8) is 0 Å². The zero-order chi connectivity index (χ0) is 18.5. The van der Waals surface area contributed by atoms with E-state index in [4.69, 9.17) is 9.47 Å². The largest absolute Gasteiger partial charge is 0.461 e. The van der Waals surface area contributed by atoms with Crippen molar-refractivity contribution in [3.05, 3.63) is 35.5 Å². The van der Waals surface area contributed by atoms with Crippen molar-refractivity contribution in [3.8, 4) is 0 Å². The Kier molecular flexibility index (Phi) is 6.67. The molecule has 0 aromatic rings. The van der Waals surface area contributed by atoms with E-state index in [1.807, 2.05) is 0 Å². The standard InChI is InChI=1S/C22H34O3/c1-17(2)22-13-11-20(16-24-19(4)23)10-6-8-18(3)9-7-12-21(5,25-22)14-15-22/h9-11,13,17H,6-8,12,14-16H2,1-5H3/b13-11-,18-9-,20-10-/t21-,22+/m0/s1. The van der Waals surface area contributed by atoms with Crippen LogP contribution in [0, 0.1) is 5.92 Å². The van der Waals surface area contributed by atoms with E-state index in [2.05, 4.69) is 52.0 Å². The van der Waals surface area contributed by atoms with Crippen LogP contribution in [0.2, 0.25) is 0 Å². The van der Waals surface area contributed by atoms with Crippen LogP contribution < -0.4 is 0 Å². The Morgan fingerprint density at radius 1 is 1.24 bits per heavy atom. The maximum absolute atomic E-state index is 11.2. The van der Waals surface area contributed by atoms with Gasteiger partial charge in [-0.15, -0.1) is 0 Å². The summed E-state index contributed by atoms with van der Waals surface area (Å²) in [6.07, 6.45) is 15.2. The third kappa shape index (κ3) is 5.57. The predicted octanol–water partition coefficient (Wildman–Crippen LogP) is 5.52. The van der Waals surface area contributed by atoms with Gasteiger partial charge in [-0.05, 0) is 63.9 Å². The van der Waals surface area contributed by atoms with Crippen LogP contribution in [0.1, 0.15) is 73.1 Å². The molecule has 0 aromatic carbocycles. The minimum Gasteiger partial charge on any atom is -0.461 e. The van der Waals surface area contributed by atoms with Crippen LogP contribution in [-0.4, -0.2) is 23.8 Å². The normalized spacial score (nSPS) is 36.2. The first kappa shape index (κ1) is 20.0. The molecule has 0 spiro atoms. The fourth-order valence-electron chi connectivity index (χ4n) is 3.73. The molecule has 0 N–H and O–H groups in total. The maximum Gasteiger partial charge on any atom is 0.302 e. The Bertz CT molecular complexity index is 570. The first-order valence-electron chi connectivity index (χ1n) is 9.62. The van der Waals surface area contributed by atoms with Crippen LogP contribution in [0.15, 0.2) is 35.5 Å². The van der Waals surface area contributed by atoms with Crippen molar-refractivity contribution in [2.75, 3.05) is 6.61 Å². The number of carbonyl (C=O) groups excluding carboxylic acids is 1. The molecule has 0 radical (unpaired) electrons. The average molecular weight is 347 g/mol. The molecule has 0 aromatic heterocycles. The molecule has 1 fully saturated rings. The van der Waals surface area contributed by atoms with E-state index in [0.29, 0.717) is 12.5 Å². The number of fused-ring (bicyclic) bond motifs is 2. The fourth-order valence-corrected chi connectivity index (χ4v) is 3.73. The molecule has 2 atom stereocenters. The lowest BCUT2D eigenvalue weighted by Gasteiger charge is -2.34. The van der Waals surface area contributed by atoms with Gasteiger partial charge in [-0.2, -0.15) is 0 Å². The lowest BCUT2D eigenvalue weighted by Crippen LogP contribution is -2.36. The van der Waals surface area contributed by atoms with Gasteiger partial charge in [-0.25, -0.2) is 0 Å². The zero-order valence-corrected chi connectivity index (χ0v) is 16.6. The Morgan fingerprint density at radius 2 is 2.00 bits per heavy atom. The highest BCUT2D eigenvalue weighted by Gasteiger charge is 2.46. The fraction of sp³-hybridized carbons (Fsp3) is 0.682. The molecule has 1 saturated heterocycles. The summed E-state index contributed by atoms with van der Waals surface area (Å²) in [7, 11) is 0. The molecule has 25 heavy (non-hydrogen) atoms. The lowest BCUT2D eigenvalue weighted by atomic mass is 9.85. The Labute approximate surface area is 153 Å². The number of hydrogen-bond donors (Lipinski definition) is 0. The van der Waals surface area contributed by atoms with Gasteiger partial charge >= 0.3 is 5.97 Å². The topological polar surface area (TPSA) is 35.5 Å². The number of hydrogen-bond acceptors (Lipinski definition) is 3. The van der Waals surface area contributed by atoms with Crippen molar-refractivity contribution in [2.45, 2.75) is 84.3 Å². The first-order valence-corrected chi connectivity index (χ1v) is 9.62. The summed E-state index contributed by atoms with van der Waals surface area (Å²) >= 11 is 0. The molecule has 0 unspecified atom stereocenters. The van der Waals surface area contributed by atoms with Gasteiger partial charge in [0.25, 0.3) is 0 Å². The van der Waals surface area contributed by atoms with Gasteiger partial charge in [0.15, 0.2) is 0 Å². The summed E-state index contributed by atoms with van der Waals surface area (Å²) in [5, 5.41) is 0. The van der Waals surface area contributed by atoms with Crippen LogP contribution in [-0.2, 0) is 14.3 Å². The smallest absolute Gasteiger partial charge is 0.302 e. The van der Waals surface area contributed by atoms with Crippen molar-refractivity contribution < 1.29 is 14.3 Å². The van der Waals surface area contributed by atoms with E-state index in [1.165, 1.54) is 12.5 Å². The van der Waals surface area contributed by atoms with Gasteiger partial charge < -0.3 is 9.47 Å². The summed E-state index contributed by atoms with van der Waals surface area (Å²) in [6.45, 7) is 10.7. The Balaban J connectivity index is 2.30. The number of rotatable bonds is 3. The minimum atomic E-state index is -0.239. The lowest BCUT2D eigenvalue weighted by molar-refractivity contribution is -0.139. The van der Waals surface area contributed by atoms with Crippen molar-refractivity contribution in [1.82, 2.24) is 0 Å². The van der Waals surface area contributed by atoms with Crippen molar-refractivity contribution in [1.29, 1.82) is 0 Å². The van der Waals surface area contributed by atoms with E-state index < -0.39 is 0 Å². The van der Waals surface area contributed by atoms with Gasteiger partial charge in [0, 0.05) is 6.92 Å². The maximum atomic E-state index is 11.2. The molecule has 2 aliphatic rings. The van der Waals surface area contributed by atoms with E-state index in [1.54, 1.807) is 0 Å². The molecule has 3 heteroatoms. The summed E-state index contributed by atoms with van der Waals surface area (Å²) in [4.78, 5) is 11.2. The molecular weight excluding hydrogens is 312 g/mol. The van der Waals surface area contributed by atoms with Crippen LogP contribution in [0.3, 0.4) is 0 Å². The molecule has 2 aliphatic heterocycles. The molecule has 0 saturated carbocycles. The summed E-state index contributed by atoms with van der Waals surface area (Å²) in [5.74, 6) is 0.166. The second-order valence-corrected chi connectivity index (χ2v) is 8.18. The minimum absolute atomic E-state index is 0.0563. The number of carbonyl (C=O) groups is 1. The highest BCUT2D eigenvalue weighted by atomic mass is 16.5. The summed E-state index contributed by atoms with van der Waals surface area (Å²) in [6, 6.07) is 0. The average Bonchev–Trinajstić information content (AvgIpc) is 2.88. The molecule has 2 rings (SSSR count). The molecule has 0 amide bonds. The van der Waals surface area contributed by atoms with Crippen molar-refractivity contribution >= 4 is 5.97 Å². The SMILES string of the molecule is CC(=O)OCC1=C\CC/C(C)=C\CC[C@@]2(C)CC[C@@](C(C)C)(/C=C\1)O2. The monoisotopic (exact) mass is 346 g/mol. The van der Waals surface area contributed by atoms with E-state index >= 15 is 0 Å². The van der Waals surface area contributed by atoms with Gasteiger partial charge in [0.2, 0.25) is 0 Å². The van der Waals surface area contributed by atoms with Gasteiger partial charge in [-0.1, -0.05) is 43.7 Å². The molecule has 2 bridgehead atoms. The number of allylic oxidation sites excluding steroid dienone is 3. The highest BCUT2D eigenvalue weighted by molar-refractivity contribution is 5.66. The zero-order valence-electron chi connectivity index (χ0n) is 16.6. The van der Waals surface area contributed by atoms with Gasteiger partial charge in [-0.3, -0.25) is 4.79 Å². The molecule has 0 aliphatic carbocycles. The first-order chi connectivity index (χ1) is 11.7. The molecular formula is C22H34O3. The van der Waals surface area contributed by atoms with E-state index in [9.17, 15) is 4.79 Å². The highest BCUT2D eigenvalue weighted by Crippen LogP contribution is 2.45. The van der Waals surface area contributed by atoms with Crippen LogP contribution in [0.25, 0.3) is 0 Å². The summed E-state index contributed by atoms with van der Waals surface area (Å²) < 4.78 is 11.9. The van der Waals surface area contributed by atoms with Gasteiger partial charge in [0.1, 0.15) is 6.61 Å². The van der Waals surface area contributed by atoms with Gasteiger partial charge in [0.05, 0.1) is 11.2 Å². The van der Waals surface area contributed by atoms with Crippen LogP contribution >= 0.6 is 0 Å². The Morgan fingerprint density at radius 3 is 2.68 bits per heavy atom. The molecule has 2 heterocycles. The number of ether oxygens (including phenoxy) is 2. The number of esters is 1. The third-order valence-corrected chi connectivity index (χ3v) is 5.59. The second kappa shape index (κ2) is 8.35. The van der Waals surface area contributed by atoms with Crippen LogP contribution in [0.4, 0.5) is 0 Å². The van der Waals surface area contributed by atoms with Crippen molar-refractivity contribution in [2.24, 2.45) is 5.92 Å². The Hall–Kier alpha value is -1.35. The third-order valence-electron chi connectivity index (χ3n) is 5.59. The summed E-state index contributed by atoms with van der Waals surface area (Å²) in [5.41, 5.74) is 2.19. The quantitative estimate of drug-likeness (QED) is 0.499. The molecule has 140 valence electrons. The predicted molar refractivity (Wildman–Crippen MR) is 102 cm³/mol. The van der Waals surface area contributed by atoms with E-state index in [-0.39, 0.29) is 17.2 Å². The van der Waals surface area contributed by atoms with Crippen LogP contribution in [0.5, 0.6) is 0 Å². The molecule has 3 nitrogen and oxygen atoms in total.